The van der Waals surface area contributed by atoms with Gasteiger partial charge in [-0.25, -0.2) is 4.39 Å². The van der Waals surface area contributed by atoms with Crippen LogP contribution in [-0.4, -0.2) is 12.8 Å². The maximum Gasteiger partial charge on any atom is 0.141 e. The average Bonchev–Trinajstić information content (AvgIpc) is 2.17. The van der Waals surface area contributed by atoms with Crippen LogP contribution in [0.25, 0.3) is 0 Å². The standard InChI is InChI=1S/C10H11FN2O/c11-6-3-8-7(9(12)4-6)1-2-13-10(8)5-14/h3-5,10,13H,1-2,12H2. The van der Waals surface area contributed by atoms with Crippen molar-refractivity contribution in [3.8, 4) is 0 Å². The Kier molecular flexibility index (Phi) is 2.21. The molecule has 1 aliphatic heterocycles. The maximum absolute atomic E-state index is 13.0. The lowest BCUT2D eigenvalue weighted by atomic mass is 9.93. The van der Waals surface area contributed by atoms with Gasteiger partial charge in [0.15, 0.2) is 0 Å². The first-order chi connectivity index (χ1) is 6.72. The van der Waals surface area contributed by atoms with Crippen molar-refractivity contribution in [2.75, 3.05) is 12.3 Å². The number of rotatable bonds is 1. The van der Waals surface area contributed by atoms with Crippen molar-refractivity contribution in [1.29, 1.82) is 0 Å². The van der Waals surface area contributed by atoms with E-state index in [1.807, 2.05) is 0 Å². The summed E-state index contributed by atoms with van der Waals surface area (Å²) in [5.41, 5.74) is 7.67. The second kappa shape index (κ2) is 3.38. The summed E-state index contributed by atoms with van der Waals surface area (Å²) in [6.07, 6.45) is 1.52. The molecule has 74 valence electrons. The van der Waals surface area contributed by atoms with E-state index in [2.05, 4.69) is 5.32 Å². The number of carbonyl (C=O) groups is 1. The molecule has 0 saturated carbocycles. The molecule has 1 unspecified atom stereocenters. The molecule has 0 fully saturated rings. The number of halogens is 1. The van der Waals surface area contributed by atoms with Gasteiger partial charge >= 0.3 is 0 Å². The molecular weight excluding hydrogens is 183 g/mol. The summed E-state index contributed by atoms with van der Waals surface area (Å²) in [5, 5.41) is 2.99. The third-order valence-corrected chi connectivity index (χ3v) is 2.49. The van der Waals surface area contributed by atoms with Crippen LogP contribution in [0.15, 0.2) is 12.1 Å². The minimum atomic E-state index is -0.420. The Morgan fingerprint density at radius 2 is 2.36 bits per heavy atom. The van der Waals surface area contributed by atoms with E-state index < -0.39 is 11.9 Å². The second-order valence-electron chi connectivity index (χ2n) is 3.38. The molecule has 0 bridgehead atoms. The van der Waals surface area contributed by atoms with Crippen molar-refractivity contribution < 1.29 is 9.18 Å². The lowest BCUT2D eigenvalue weighted by Crippen LogP contribution is -2.31. The Morgan fingerprint density at radius 3 is 3.07 bits per heavy atom. The molecule has 0 aromatic heterocycles. The van der Waals surface area contributed by atoms with E-state index in [0.717, 1.165) is 18.3 Å². The van der Waals surface area contributed by atoms with Gasteiger partial charge in [0.1, 0.15) is 12.1 Å². The molecule has 2 rings (SSSR count). The number of nitrogen functional groups attached to an aromatic ring is 1. The summed E-state index contributed by atoms with van der Waals surface area (Å²) in [7, 11) is 0. The predicted molar refractivity (Wildman–Crippen MR) is 51.3 cm³/mol. The van der Waals surface area contributed by atoms with Crippen molar-refractivity contribution in [1.82, 2.24) is 5.32 Å². The number of carbonyl (C=O) groups excluding carboxylic acids is 1. The van der Waals surface area contributed by atoms with Crippen LogP contribution < -0.4 is 11.1 Å². The highest BCUT2D eigenvalue weighted by molar-refractivity contribution is 5.66. The number of aldehydes is 1. The highest BCUT2D eigenvalue weighted by atomic mass is 19.1. The molecule has 0 radical (unpaired) electrons. The third kappa shape index (κ3) is 1.37. The summed E-state index contributed by atoms with van der Waals surface area (Å²) in [6, 6.07) is 2.25. The second-order valence-corrected chi connectivity index (χ2v) is 3.38. The summed E-state index contributed by atoms with van der Waals surface area (Å²) in [4.78, 5) is 10.7. The minimum Gasteiger partial charge on any atom is -0.398 e. The fourth-order valence-corrected chi connectivity index (χ4v) is 1.83. The van der Waals surface area contributed by atoms with E-state index in [-0.39, 0.29) is 0 Å². The number of anilines is 1. The van der Waals surface area contributed by atoms with Crippen LogP contribution in [0.3, 0.4) is 0 Å². The van der Waals surface area contributed by atoms with Crippen LogP contribution in [0.2, 0.25) is 0 Å². The van der Waals surface area contributed by atoms with Gasteiger partial charge in [-0.1, -0.05) is 0 Å². The minimum absolute atomic E-state index is 0.392. The number of nitrogens with one attached hydrogen (secondary N) is 1. The molecule has 1 atom stereocenters. The van der Waals surface area contributed by atoms with Gasteiger partial charge in [0.25, 0.3) is 0 Å². The highest BCUT2D eigenvalue weighted by Gasteiger charge is 2.21. The number of nitrogens with two attached hydrogens (primary N) is 1. The molecule has 0 saturated heterocycles. The summed E-state index contributed by atoms with van der Waals surface area (Å²) in [6.45, 7) is 0.701. The first-order valence-electron chi connectivity index (χ1n) is 4.49. The van der Waals surface area contributed by atoms with Crippen LogP contribution in [0, 0.1) is 5.82 Å². The smallest absolute Gasteiger partial charge is 0.141 e. The Bertz CT molecular complexity index is 379. The van der Waals surface area contributed by atoms with Gasteiger partial charge < -0.3 is 15.8 Å². The Balaban J connectivity index is 2.56. The highest BCUT2D eigenvalue weighted by Crippen LogP contribution is 2.27. The molecule has 4 heteroatoms. The molecule has 3 N–H and O–H groups in total. The number of hydrogen-bond donors (Lipinski definition) is 2. The topological polar surface area (TPSA) is 55.1 Å². The zero-order chi connectivity index (χ0) is 10.1. The Morgan fingerprint density at radius 1 is 1.57 bits per heavy atom. The van der Waals surface area contributed by atoms with E-state index in [1.165, 1.54) is 12.1 Å². The summed E-state index contributed by atoms with van der Waals surface area (Å²) >= 11 is 0. The Hall–Kier alpha value is -1.42. The lowest BCUT2D eigenvalue weighted by molar-refractivity contribution is -0.109. The maximum atomic E-state index is 13.0. The molecular formula is C10H11FN2O. The number of fused-ring (bicyclic) bond motifs is 1. The van der Waals surface area contributed by atoms with Crippen LogP contribution in [0.5, 0.6) is 0 Å². The molecule has 1 heterocycles. The van der Waals surface area contributed by atoms with Gasteiger partial charge in [-0.2, -0.15) is 0 Å². The van der Waals surface area contributed by atoms with E-state index in [1.54, 1.807) is 0 Å². The van der Waals surface area contributed by atoms with Crippen LogP contribution in [-0.2, 0) is 11.2 Å². The van der Waals surface area contributed by atoms with Gasteiger partial charge in [0.2, 0.25) is 0 Å². The molecule has 1 aromatic rings. The van der Waals surface area contributed by atoms with E-state index in [4.69, 9.17) is 5.73 Å². The monoisotopic (exact) mass is 194 g/mol. The first-order valence-corrected chi connectivity index (χ1v) is 4.49. The van der Waals surface area contributed by atoms with Gasteiger partial charge in [-0.05, 0) is 29.7 Å². The van der Waals surface area contributed by atoms with Crippen molar-refractivity contribution in [2.24, 2.45) is 0 Å². The van der Waals surface area contributed by atoms with E-state index >= 15 is 0 Å². The normalized spacial score (nSPS) is 20.2. The largest absolute Gasteiger partial charge is 0.398 e. The Labute approximate surface area is 81.1 Å². The molecule has 14 heavy (non-hydrogen) atoms. The molecule has 1 aliphatic rings. The number of benzene rings is 1. The summed E-state index contributed by atoms with van der Waals surface area (Å²) in [5.74, 6) is -0.392. The third-order valence-electron chi connectivity index (χ3n) is 2.49. The molecule has 0 aliphatic carbocycles. The SMILES string of the molecule is Nc1cc(F)cc2c1CCNC2C=O. The first kappa shape index (κ1) is 9.15. The molecule has 0 spiro atoms. The summed E-state index contributed by atoms with van der Waals surface area (Å²) < 4.78 is 13.0. The number of hydrogen-bond acceptors (Lipinski definition) is 3. The molecule has 0 amide bonds. The fourth-order valence-electron chi connectivity index (χ4n) is 1.83. The van der Waals surface area contributed by atoms with Crippen LogP contribution >= 0.6 is 0 Å². The van der Waals surface area contributed by atoms with Gasteiger partial charge in [-0.15, -0.1) is 0 Å². The fraction of sp³-hybridized carbons (Fsp3) is 0.300. The van der Waals surface area contributed by atoms with E-state index in [0.29, 0.717) is 17.8 Å². The van der Waals surface area contributed by atoms with Crippen molar-refractivity contribution in [2.45, 2.75) is 12.5 Å². The van der Waals surface area contributed by atoms with Crippen LogP contribution in [0.1, 0.15) is 17.2 Å². The average molecular weight is 194 g/mol. The molecule has 3 nitrogen and oxygen atoms in total. The lowest BCUT2D eigenvalue weighted by Gasteiger charge is -2.24. The van der Waals surface area contributed by atoms with Gasteiger partial charge in [0, 0.05) is 12.2 Å². The van der Waals surface area contributed by atoms with E-state index in [9.17, 15) is 9.18 Å². The van der Waals surface area contributed by atoms with Crippen molar-refractivity contribution in [3.05, 3.63) is 29.1 Å². The van der Waals surface area contributed by atoms with Gasteiger partial charge in [0.05, 0.1) is 6.04 Å². The van der Waals surface area contributed by atoms with Crippen molar-refractivity contribution in [3.63, 3.8) is 0 Å². The zero-order valence-electron chi connectivity index (χ0n) is 7.59. The quantitative estimate of drug-likeness (QED) is 0.513. The predicted octanol–water partition coefficient (Wildman–Crippen LogP) is 0.794. The zero-order valence-corrected chi connectivity index (χ0v) is 7.59. The van der Waals surface area contributed by atoms with Crippen molar-refractivity contribution >= 4 is 12.0 Å². The van der Waals surface area contributed by atoms with Crippen LogP contribution in [0.4, 0.5) is 10.1 Å². The van der Waals surface area contributed by atoms with Gasteiger partial charge in [-0.3, -0.25) is 0 Å². The molecule has 1 aromatic carbocycles.